The molecule has 5 heteroatoms. The zero-order valence-electron chi connectivity index (χ0n) is 11.7. The Morgan fingerprint density at radius 3 is 2.70 bits per heavy atom. The fraction of sp³-hybridized carbons (Fsp3) is 0.533. The SMILES string of the molecule is CC1C[C@H](C(=O)N[C@H](C)c2cccnc2)[C@H](C(=O)O)C1. The highest BCUT2D eigenvalue weighted by molar-refractivity contribution is 5.85. The van der Waals surface area contributed by atoms with Crippen LogP contribution in [0, 0.1) is 17.8 Å². The highest BCUT2D eigenvalue weighted by Gasteiger charge is 2.41. The second-order valence-electron chi connectivity index (χ2n) is 5.64. The molecule has 0 bridgehead atoms. The number of rotatable bonds is 4. The lowest BCUT2D eigenvalue weighted by Crippen LogP contribution is -2.36. The summed E-state index contributed by atoms with van der Waals surface area (Å²) in [5, 5.41) is 12.1. The second kappa shape index (κ2) is 6.03. The van der Waals surface area contributed by atoms with Gasteiger partial charge in [-0.15, -0.1) is 0 Å². The molecule has 0 aliphatic heterocycles. The van der Waals surface area contributed by atoms with Gasteiger partial charge in [0.25, 0.3) is 0 Å². The first-order chi connectivity index (χ1) is 9.49. The van der Waals surface area contributed by atoms with Crippen LogP contribution in [-0.4, -0.2) is 22.0 Å². The minimum absolute atomic E-state index is 0.165. The average molecular weight is 276 g/mol. The van der Waals surface area contributed by atoms with Crippen molar-refractivity contribution in [1.82, 2.24) is 10.3 Å². The number of nitrogens with one attached hydrogen (secondary N) is 1. The monoisotopic (exact) mass is 276 g/mol. The molecule has 5 nitrogen and oxygen atoms in total. The van der Waals surface area contributed by atoms with Crippen molar-refractivity contribution in [3.05, 3.63) is 30.1 Å². The van der Waals surface area contributed by atoms with E-state index in [-0.39, 0.29) is 17.9 Å². The molecule has 0 spiro atoms. The summed E-state index contributed by atoms with van der Waals surface area (Å²) < 4.78 is 0. The third-order valence-electron chi connectivity index (χ3n) is 4.00. The van der Waals surface area contributed by atoms with Crippen LogP contribution < -0.4 is 5.32 Å². The molecular formula is C15H20N2O3. The van der Waals surface area contributed by atoms with Gasteiger partial charge in [-0.1, -0.05) is 13.0 Å². The van der Waals surface area contributed by atoms with E-state index in [2.05, 4.69) is 10.3 Å². The van der Waals surface area contributed by atoms with Gasteiger partial charge in [-0.2, -0.15) is 0 Å². The second-order valence-corrected chi connectivity index (χ2v) is 5.64. The van der Waals surface area contributed by atoms with Gasteiger partial charge in [0.2, 0.25) is 5.91 Å². The van der Waals surface area contributed by atoms with Gasteiger partial charge >= 0.3 is 5.97 Å². The van der Waals surface area contributed by atoms with Crippen molar-refractivity contribution in [2.24, 2.45) is 17.8 Å². The fourth-order valence-corrected chi connectivity index (χ4v) is 2.89. The van der Waals surface area contributed by atoms with E-state index in [1.54, 1.807) is 12.4 Å². The minimum Gasteiger partial charge on any atom is -0.481 e. The fourth-order valence-electron chi connectivity index (χ4n) is 2.89. The van der Waals surface area contributed by atoms with E-state index in [0.29, 0.717) is 12.8 Å². The van der Waals surface area contributed by atoms with Gasteiger partial charge in [0.1, 0.15) is 0 Å². The Kier molecular flexibility index (Phi) is 4.37. The molecule has 2 rings (SSSR count). The molecule has 1 saturated carbocycles. The Morgan fingerprint density at radius 1 is 1.40 bits per heavy atom. The molecule has 2 N–H and O–H groups in total. The summed E-state index contributed by atoms with van der Waals surface area (Å²) in [4.78, 5) is 27.5. The lowest BCUT2D eigenvalue weighted by atomic mass is 9.95. The van der Waals surface area contributed by atoms with Crippen molar-refractivity contribution in [3.8, 4) is 0 Å². The van der Waals surface area contributed by atoms with E-state index in [9.17, 15) is 14.7 Å². The smallest absolute Gasteiger partial charge is 0.307 e. The maximum Gasteiger partial charge on any atom is 0.307 e. The van der Waals surface area contributed by atoms with Gasteiger partial charge in [0, 0.05) is 12.4 Å². The molecule has 1 aliphatic rings. The van der Waals surface area contributed by atoms with E-state index < -0.39 is 17.8 Å². The number of carboxylic acid groups (broad SMARTS) is 1. The Bertz CT molecular complexity index is 489. The van der Waals surface area contributed by atoms with Crippen LogP contribution in [-0.2, 0) is 9.59 Å². The average Bonchev–Trinajstić information content (AvgIpc) is 2.82. The summed E-state index contributed by atoms with van der Waals surface area (Å²) >= 11 is 0. The van der Waals surface area contributed by atoms with E-state index in [1.165, 1.54) is 0 Å². The Morgan fingerprint density at radius 2 is 2.10 bits per heavy atom. The number of carboxylic acids is 1. The number of aliphatic carboxylic acids is 1. The van der Waals surface area contributed by atoms with E-state index in [0.717, 1.165) is 5.56 Å². The first kappa shape index (κ1) is 14.5. The number of carbonyl (C=O) groups is 2. The lowest BCUT2D eigenvalue weighted by molar-refractivity contribution is -0.146. The van der Waals surface area contributed by atoms with E-state index in [4.69, 9.17) is 0 Å². The predicted molar refractivity (Wildman–Crippen MR) is 73.8 cm³/mol. The van der Waals surface area contributed by atoms with Crippen LogP contribution >= 0.6 is 0 Å². The highest BCUT2D eigenvalue weighted by atomic mass is 16.4. The molecule has 1 amide bonds. The van der Waals surface area contributed by atoms with Crippen LogP contribution in [0.5, 0.6) is 0 Å². The minimum atomic E-state index is -0.872. The van der Waals surface area contributed by atoms with Crippen LogP contribution in [0.1, 0.15) is 38.3 Å². The summed E-state index contributed by atoms with van der Waals surface area (Å²) in [6.07, 6.45) is 4.60. The third-order valence-corrected chi connectivity index (χ3v) is 4.00. The number of nitrogens with zero attached hydrogens (tertiary/aromatic N) is 1. The Labute approximate surface area is 118 Å². The van der Waals surface area contributed by atoms with Crippen molar-refractivity contribution >= 4 is 11.9 Å². The molecule has 1 fully saturated rings. The number of aromatic nitrogens is 1. The van der Waals surface area contributed by atoms with Gasteiger partial charge in [-0.25, -0.2) is 0 Å². The molecule has 1 unspecified atom stereocenters. The normalized spacial score (nSPS) is 27.0. The van der Waals surface area contributed by atoms with Gasteiger partial charge in [0.05, 0.1) is 17.9 Å². The van der Waals surface area contributed by atoms with Crippen molar-refractivity contribution in [2.45, 2.75) is 32.7 Å². The number of hydrogen-bond donors (Lipinski definition) is 2. The summed E-state index contributed by atoms with van der Waals surface area (Å²) in [7, 11) is 0. The molecule has 1 aromatic heterocycles. The number of carbonyl (C=O) groups excluding carboxylic acids is 1. The maximum atomic E-state index is 12.3. The maximum absolute atomic E-state index is 12.3. The molecule has 20 heavy (non-hydrogen) atoms. The zero-order chi connectivity index (χ0) is 14.7. The van der Waals surface area contributed by atoms with Gasteiger partial charge in [-0.05, 0) is 37.3 Å². The molecule has 1 heterocycles. The molecular weight excluding hydrogens is 256 g/mol. The predicted octanol–water partition coefficient (Wildman–Crippen LogP) is 2.01. The van der Waals surface area contributed by atoms with Gasteiger partial charge < -0.3 is 10.4 Å². The van der Waals surface area contributed by atoms with Crippen LogP contribution in [0.15, 0.2) is 24.5 Å². The summed E-state index contributed by atoms with van der Waals surface area (Å²) in [6, 6.07) is 3.54. The number of hydrogen-bond acceptors (Lipinski definition) is 3. The summed E-state index contributed by atoms with van der Waals surface area (Å²) in [5.41, 5.74) is 0.916. The Balaban J connectivity index is 2.02. The largest absolute Gasteiger partial charge is 0.481 e. The first-order valence-corrected chi connectivity index (χ1v) is 6.92. The van der Waals surface area contributed by atoms with Crippen LogP contribution in [0.25, 0.3) is 0 Å². The van der Waals surface area contributed by atoms with Crippen LogP contribution in [0.4, 0.5) is 0 Å². The molecule has 1 aromatic rings. The number of amides is 1. The number of pyridine rings is 1. The molecule has 0 radical (unpaired) electrons. The van der Waals surface area contributed by atoms with Gasteiger partial charge in [-0.3, -0.25) is 14.6 Å². The summed E-state index contributed by atoms with van der Waals surface area (Å²) in [6.45, 7) is 3.87. The van der Waals surface area contributed by atoms with E-state index in [1.807, 2.05) is 26.0 Å². The van der Waals surface area contributed by atoms with Crippen molar-refractivity contribution < 1.29 is 14.7 Å². The molecule has 4 atom stereocenters. The van der Waals surface area contributed by atoms with Crippen molar-refractivity contribution in [2.75, 3.05) is 0 Å². The van der Waals surface area contributed by atoms with Crippen LogP contribution in [0.3, 0.4) is 0 Å². The summed E-state index contributed by atoms with van der Waals surface area (Å²) in [5.74, 6) is -1.75. The standard InChI is InChI=1S/C15H20N2O3/c1-9-6-12(13(7-9)15(19)20)14(18)17-10(2)11-4-3-5-16-8-11/h3-5,8-10,12-13H,6-7H2,1-2H3,(H,17,18)(H,19,20)/t9?,10-,12+,13-/m1/s1. The van der Waals surface area contributed by atoms with Crippen LogP contribution in [0.2, 0.25) is 0 Å². The molecule has 0 saturated heterocycles. The third kappa shape index (κ3) is 3.15. The lowest BCUT2D eigenvalue weighted by Gasteiger charge is -2.19. The molecule has 1 aliphatic carbocycles. The zero-order valence-corrected chi connectivity index (χ0v) is 11.7. The topological polar surface area (TPSA) is 79.3 Å². The van der Waals surface area contributed by atoms with Gasteiger partial charge in [0.15, 0.2) is 0 Å². The first-order valence-electron chi connectivity index (χ1n) is 6.92. The molecule has 108 valence electrons. The quantitative estimate of drug-likeness (QED) is 0.881. The van der Waals surface area contributed by atoms with Crippen molar-refractivity contribution in [1.29, 1.82) is 0 Å². The van der Waals surface area contributed by atoms with E-state index >= 15 is 0 Å². The highest BCUT2D eigenvalue weighted by Crippen LogP contribution is 2.36. The molecule has 0 aromatic carbocycles. The van der Waals surface area contributed by atoms with Crippen molar-refractivity contribution in [3.63, 3.8) is 0 Å². The Hall–Kier alpha value is -1.91.